The highest BCUT2D eigenvalue weighted by Gasteiger charge is 2.18. The minimum absolute atomic E-state index is 0.469. The number of nitrogens with zero attached hydrogens (tertiary/aromatic N) is 1. The molecule has 2 heteroatoms. The number of hydrogen-bond donors (Lipinski definition) is 0. The molecule has 1 aliphatic heterocycles. The third-order valence-corrected chi connectivity index (χ3v) is 4.49. The first-order valence-corrected chi connectivity index (χ1v) is 9.68. The molecule has 22 heavy (non-hydrogen) atoms. The monoisotopic (exact) mass is 307 g/mol. The van der Waals surface area contributed by atoms with Gasteiger partial charge in [0.1, 0.15) is 0 Å². The van der Waals surface area contributed by atoms with Crippen LogP contribution in [-0.4, -0.2) is 37.2 Å². The fraction of sp³-hybridized carbons (Fsp3) is 0.900. The number of rotatable bonds is 11. The molecular weight excluding hydrogens is 270 g/mol. The molecule has 1 unspecified atom stereocenters. The maximum absolute atomic E-state index is 5.49. The Bertz CT molecular complexity index is 299. The van der Waals surface area contributed by atoms with Crippen LogP contribution in [0, 0.1) is 11.8 Å². The van der Waals surface area contributed by atoms with Crippen molar-refractivity contribution in [2.75, 3.05) is 26.3 Å². The number of unbranched alkanes of at least 4 members (excludes halogenated alkanes) is 8. The maximum atomic E-state index is 5.49. The molecule has 1 rings (SSSR count). The van der Waals surface area contributed by atoms with Crippen molar-refractivity contribution in [3.63, 3.8) is 0 Å². The quantitative estimate of drug-likeness (QED) is 0.392. The van der Waals surface area contributed by atoms with Crippen molar-refractivity contribution in [1.82, 2.24) is 4.90 Å². The Hall–Kier alpha value is -0.520. The van der Waals surface area contributed by atoms with Gasteiger partial charge >= 0.3 is 0 Å². The average Bonchev–Trinajstić information content (AvgIpc) is 2.56. The zero-order valence-electron chi connectivity index (χ0n) is 15.0. The topological polar surface area (TPSA) is 12.5 Å². The molecule has 0 radical (unpaired) electrons. The van der Waals surface area contributed by atoms with Crippen LogP contribution in [0.4, 0.5) is 0 Å². The van der Waals surface area contributed by atoms with Gasteiger partial charge < -0.3 is 4.74 Å². The van der Waals surface area contributed by atoms with Gasteiger partial charge in [0.15, 0.2) is 0 Å². The Kier molecular flexibility index (Phi) is 12.5. The van der Waals surface area contributed by atoms with E-state index in [1.54, 1.807) is 0 Å². The molecule has 2 nitrogen and oxygen atoms in total. The molecular formula is C20H37NO. The van der Waals surface area contributed by atoms with E-state index in [-0.39, 0.29) is 0 Å². The first kappa shape index (κ1) is 19.5. The van der Waals surface area contributed by atoms with E-state index in [2.05, 4.69) is 30.6 Å². The Morgan fingerprint density at radius 2 is 1.50 bits per heavy atom. The summed E-state index contributed by atoms with van der Waals surface area (Å²) in [4.78, 5) is 2.54. The van der Waals surface area contributed by atoms with E-state index < -0.39 is 0 Å². The van der Waals surface area contributed by atoms with Crippen LogP contribution in [0.2, 0.25) is 0 Å². The lowest BCUT2D eigenvalue weighted by Gasteiger charge is -2.31. The summed E-state index contributed by atoms with van der Waals surface area (Å²) in [5, 5.41) is 0. The molecule has 0 aromatic carbocycles. The molecule has 1 aliphatic rings. The van der Waals surface area contributed by atoms with Crippen molar-refractivity contribution in [1.29, 1.82) is 0 Å². The van der Waals surface area contributed by atoms with Crippen molar-refractivity contribution in [2.24, 2.45) is 0 Å². The smallest absolute Gasteiger partial charge is 0.0716 e. The lowest BCUT2D eigenvalue weighted by molar-refractivity contribution is 0.0255. The van der Waals surface area contributed by atoms with Gasteiger partial charge in [-0.1, -0.05) is 71.1 Å². The van der Waals surface area contributed by atoms with Gasteiger partial charge in [-0.05, 0) is 12.8 Å². The normalized spacial score (nSPS) is 17.0. The van der Waals surface area contributed by atoms with Crippen molar-refractivity contribution >= 4 is 0 Å². The van der Waals surface area contributed by atoms with E-state index in [9.17, 15) is 0 Å². The van der Waals surface area contributed by atoms with Gasteiger partial charge in [-0.25, -0.2) is 0 Å². The second-order valence-electron chi connectivity index (χ2n) is 6.50. The predicted molar refractivity (Wildman–Crippen MR) is 96.1 cm³/mol. The molecule has 0 aromatic heterocycles. The van der Waals surface area contributed by atoms with Crippen molar-refractivity contribution in [3.05, 3.63) is 0 Å². The minimum Gasteiger partial charge on any atom is -0.379 e. The number of hydrogen-bond acceptors (Lipinski definition) is 2. The highest BCUT2D eigenvalue weighted by Crippen LogP contribution is 2.13. The van der Waals surface area contributed by atoms with E-state index in [1.165, 1.54) is 64.2 Å². The molecule has 1 saturated heterocycles. The predicted octanol–water partition coefficient (Wildman–Crippen LogP) is 5.02. The Morgan fingerprint density at radius 3 is 2.18 bits per heavy atom. The molecule has 1 fully saturated rings. The fourth-order valence-corrected chi connectivity index (χ4v) is 3.01. The van der Waals surface area contributed by atoms with E-state index in [1.807, 2.05) is 0 Å². The molecule has 0 bridgehead atoms. The van der Waals surface area contributed by atoms with Gasteiger partial charge in [0.25, 0.3) is 0 Å². The molecule has 0 aliphatic carbocycles. The van der Waals surface area contributed by atoms with Gasteiger partial charge in [-0.2, -0.15) is 0 Å². The van der Waals surface area contributed by atoms with Gasteiger partial charge in [0.05, 0.1) is 19.3 Å². The van der Waals surface area contributed by atoms with Crippen LogP contribution in [-0.2, 0) is 4.74 Å². The summed E-state index contributed by atoms with van der Waals surface area (Å²) in [5.74, 6) is 7.04. The molecule has 0 spiro atoms. The molecule has 1 atom stereocenters. The average molecular weight is 308 g/mol. The van der Waals surface area contributed by atoms with Crippen LogP contribution in [0.15, 0.2) is 0 Å². The number of morpholine rings is 1. The van der Waals surface area contributed by atoms with Crippen molar-refractivity contribution in [3.8, 4) is 11.8 Å². The molecule has 1 heterocycles. The number of ether oxygens (including phenoxy) is 1. The van der Waals surface area contributed by atoms with Crippen molar-refractivity contribution < 1.29 is 4.74 Å². The SMILES string of the molecule is CCCCCCC#CC(CCCCCCC)N1CCOCC1. The van der Waals surface area contributed by atoms with Gasteiger partial charge in [-0.3, -0.25) is 4.90 Å². The zero-order valence-corrected chi connectivity index (χ0v) is 15.0. The largest absolute Gasteiger partial charge is 0.379 e. The second kappa shape index (κ2) is 14.1. The third kappa shape index (κ3) is 9.49. The summed E-state index contributed by atoms with van der Waals surface area (Å²) >= 11 is 0. The summed E-state index contributed by atoms with van der Waals surface area (Å²) in [7, 11) is 0. The van der Waals surface area contributed by atoms with E-state index >= 15 is 0 Å². The molecule has 0 aromatic rings. The van der Waals surface area contributed by atoms with Crippen LogP contribution in [0.1, 0.15) is 84.5 Å². The van der Waals surface area contributed by atoms with Crippen LogP contribution >= 0.6 is 0 Å². The first-order valence-electron chi connectivity index (χ1n) is 9.68. The van der Waals surface area contributed by atoms with Gasteiger partial charge in [-0.15, -0.1) is 5.92 Å². The van der Waals surface area contributed by atoms with Crippen LogP contribution in [0.5, 0.6) is 0 Å². The molecule has 128 valence electrons. The van der Waals surface area contributed by atoms with Gasteiger partial charge in [0.2, 0.25) is 0 Å². The van der Waals surface area contributed by atoms with Crippen LogP contribution in [0.3, 0.4) is 0 Å². The van der Waals surface area contributed by atoms with Gasteiger partial charge in [0, 0.05) is 19.5 Å². The first-order chi connectivity index (χ1) is 10.9. The summed E-state index contributed by atoms with van der Waals surface area (Å²) in [6, 6.07) is 0.469. The van der Waals surface area contributed by atoms with E-state index in [4.69, 9.17) is 4.74 Å². The van der Waals surface area contributed by atoms with E-state index in [0.29, 0.717) is 6.04 Å². The summed E-state index contributed by atoms with van der Waals surface area (Å²) in [5.41, 5.74) is 0. The highest BCUT2D eigenvalue weighted by atomic mass is 16.5. The molecule has 0 saturated carbocycles. The summed E-state index contributed by atoms with van der Waals surface area (Å²) in [6.45, 7) is 8.42. The maximum Gasteiger partial charge on any atom is 0.0716 e. The Morgan fingerprint density at radius 1 is 0.864 bits per heavy atom. The minimum atomic E-state index is 0.469. The lowest BCUT2D eigenvalue weighted by Crippen LogP contribution is -2.42. The second-order valence-corrected chi connectivity index (χ2v) is 6.50. The molecule has 0 amide bonds. The van der Waals surface area contributed by atoms with Crippen LogP contribution < -0.4 is 0 Å². The Balaban J connectivity index is 2.31. The Labute approximate surface area is 139 Å². The standard InChI is InChI=1S/C20H37NO/c1-3-5-7-9-11-13-15-20(14-12-10-8-6-4-2)21-16-18-22-19-17-21/h20H,3-12,14,16-19H2,1-2H3. The zero-order chi connectivity index (χ0) is 15.9. The lowest BCUT2D eigenvalue weighted by atomic mass is 10.0. The summed E-state index contributed by atoms with van der Waals surface area (Å²) < 4.78 is 5.49. The summed E-state index contributed by atoms with van der Waals surface area (Å²) in [6.07, 6.45) is 14.4. The van der Waals surface area contributed by atoms with E-state index in [0.717, 1.165) is 32.7 Å². The molecule has 0 N–H and O–H groups in total. The third-order valence-electron chi connectivity index (χ3n) is 4.49. The van der Waals surface area contributed by atoms with Crippen molar-refractivity contribution in [2.45, 2.75) is 90.5 Å². The van der Waals surface area contributed by atoms with Crippen LogP contribution in [0.25, 0.3) is 0 Å². The highest BCUT2D eigenvalue weighted by molar-refractivity contribution is 5.08. The fourth-order valence-electron chi connectivity index (χ4n) is 3.01.